The van der Waals surface area contributed by atoms with Gasteiger partial charge in [-0.15, -0.1) is 0 Å². The number of amides is 2. The Kier molecular flexibility index (Phi) is 9.47. The fraction of sp³-hybridized carbons (Fsp3) is 0.310. The Labute approximate surface area is 220 Å². The summed E-state index contributed by atoms with van der Waals surface area (Å²) in [6.45, 7) is 5.86. The first-order chi connectivity index (χ1) is 17.6. The minimum absolute atomic E-state index is 0.167. The average molecular weight is 522 g/mol. The van der Waals surface area contributed by atoms with Gasteiger partial charge in [0.1, 0.15) is 12.6 Å². The maximum Gasteiger partial charge on any atom is 0.244 e. The summed E-state index contributed by atoms with van der Waals surface area (Å²) in [6.07, 6.45) is 1.38. The third-order valence-corrected chi connectivity index (χ3v) is 7.20. The van der Waals surface area contributed by atoms with E-state index in [0.29, 0.717) is 18.7 Å². The zero-order valence-corrected chi connectivity index (χ0v) is 22.7. The predicted octanol–water partition coefficient (Wildman–Crippen LogP) is 3.85. The minimum atomic E-state index is -3.77. The molecule has 0 aliphatic carbocycles. The molecular formula is C29H35N3O4S. The van der Waals surface area contributed by atoms with Crippen molar-refractivity contribution in [1.29, 1.82) is 0 Å². The fourth-order valence-electron chi connectivity index (χ4n) is 4.18. The Hall–Kier alpha value is -3.65. The van der Waals surface area contributed by atoms with E-state index in [0.717, 1.165) is 32.8 Å². The molecule has 3 rings (SSSR count). The van der Waals surface area contributed by atoms with E-state index in [4.69, 9.17) is 0 Å². The molecule has 0 aromatic heterocycles. The van der Waals surface area contributed by atoms with Gasteiger partial charge in [0.25, 0.3) is 0 Å². The number of carbonyl (C=O) groups is 2. The van der Waals surface area contributed by atoms with Crippen molar-refractivity contribution in [2.75, 3.05) is 23.7 Å². The molecule has 0 saturated carbocycles. The minimum Gasteiger partial charge on any atom is -0.355 e. The Morgan fingerprint density at radius 3 is 2.11 bits per heavy atom. The normalized spacial score (nSPS) is 12.0. The van der Waals surface area contributed by atoms with E-state index in [1.165, 1.54) is 4.90 Å². The van der Waals surface area contributed by atoms with Gasteiger partial charge in [-0.05, 0) is 44.0 Å². The van der Waals surface area contributed by atoms with E-state index in [2.05, 4.69) is 5.32 Å². The van der Waals surface area contributed by atoms with Crippen LogP contribution in [0.15, 0.2) is 78.9 Å². The van der Waals surface area contributed by atoms with Gasteiger partial charge in [-0.3, -0.25) is 13.9 Å². The van der Waals surface area contributed by atoms with Crippen molar-refractivity contribution < 1.29 is 18.0 Å². The largest absolute Gasteiger partial charge is 0.355 e. The van der Waals surface area contributed by atoms with Crippen LogP contribution in [-0.4, -0.2) is 50.5 Å². The van der Waals surface area contributed by atoms with E-state index in [1.54, 1.807) is 24.3 Å². The molecule has 1 N–H and O–H groups in total. The quantitative estimate of drug-likeness (QED) is 0.415. The lowest BCUT2D eigenvalue weighted by molar-refractivity contribution is -0.140. The van der Waals surface area contributed by atoms with Crippen molar-refractivity contribution in [3.63, 3.8) is 0 Å². The Morgan fingerprint density at radius 1 is 0.865 bits per heavy atom. The molecule has 0 aliphatic heterocycles. The molecule has 0 fully saturated rings. The summed E-state index contributed by atoms with van der Waals surface area (Å²) in [4.78, 5) is 28.7. The fourth-order valence-corrected chi connectivity index (χ4v) is 5.03. The Morgan fingerprint density at radius 2 is 1.51 bits per heavy atom. The smallest absolute Gasteiger partial charge is 0.244 e. The van der Waals surface area contributed by atoms with Crippen LogP contribution in [-0.2, 0) is 32.6 Å². The molecule has 0 unspecified atom stereocenters. The summed E-state index contributed by atoms with van der Waals surface area (Å²) >= 11 is 0. The van der Waals surface area contributed by atoms with Crippen LogP contribution in [0.5, 0.6) is 0 Å². The highest BCUT2D eigenvalue weighted by molar-refractivity contribution is 7.92. The van der Waals surface area contributed by atoms with E-state index in [9.17, 15) is 18.0 Å². The van der Waals surface area contributed by atoms with E-state index >= 15 is 0 Å². The van der Waals surface area contributed by atoms with Crippen molar-refractivity contribution in [2.45, 2.75) is 39.8 Å². The van der Waals surface area contributed by atoms with Crippen LogP contribution in [0.25, 0.3) is 0 Å². The molecule has 37 heavy (non-hydrogen) atoms. The highest BCUT2D eigenvalue weighted by Crippen LogP contribution is 2.21. The number of nitrogens with zero attached hydrogens (tertiary/aromatic N) is 2. The maximum atomic E-state index is 13.9. The first-order valence-corrected chi connectivity index (χ1v) is 14.1. The molecule has 0 saturated heterocycles. The van der Waals surface area contributed by atoms with E-state index in [-0.39, 0.29) is 12.5 Å². The second kappa shape index (κ2) is 12.5. The van der Waals surface area contributed by atoms with Crippen molar-refractivity contribution in [1.82, 2.24) is 10.2 Å². The number of hydrogen-bond donors (Lipinski definition) is 1. The highest BCUT2D eigenvalue weighted by atomic mass is 32.2. The third kappa shape index (κ3) is 7.92. The lowest BCUT2D eigenvalue weighted by atomic mass is 10.0. The monoisotopic (exact) mass is 521 g/mol. The van der Waals surface area contributed by atoms with Crippen LogP contribution in [0, 0.1) is 13.8 Å². The van der Waals surface area contributed by atoms with E-state index < -0.39 is 28.5 Å². The van der Waals surface area contributed by atoms with Gasteiger partial charge in [0.15, 0.2) is 0 Å². The van der Waals surface area contributed by atoms with Crippen molar-refractivity contribution in [2.24, 2.45) is 0 Å². The average Bonchev–Trinajstić information content (AvgIpc) is 2.85. The van der Waals surface area contributed by atoms with Crippen molar-refractivity contribution >= 4 is 27.5 Å². The third-order valence-electron chi connectivity index (χ3n) is 6.06. The standard InChI is InChI=1S/C29H35N3O4S/c1-5-30-29(34)27(19-24-11-7-6-8-12-24)31(20-25-13-9-10-23(3)18-25)28(33)21-32(37(4,35)36)26-16-14-22(2)15-17-26/h6-18,27H,5,19-21H2,1-4H3,(H,30,34)/t27-/m1/s1. The van der Waals surface area contributed by atoms with Crippen molar-refractivity contribution in [3.05, 3.63) is 101 Å². The van der Waals surface area contributed by atoms with Crippen LogP contribution >= 0.6 is 0 Å². The molecule has 196 valence electrons. The summed E-state index contributed by atoms with van der Waals surface area (Å²) in [6, 6.07) is 23.4. The first-order valence-electron chi connectivity index (χ1n) is 12.3. The highest BCUT2D eigenvalue weighted by Gasteiger charge is 2.32. The number of anilines is 1. The molecule has 3 aromatic carbocycles. The summed E-state index contributed by atoms with van der Waals surface area (Å²) in [5.41, 5.74) is 4.16. The summed E-state index contributed by atoms with van der Waals surface area (Å²) in [5.74, 6) is -0.742. The van der Waals surface area contributed by atoms with Crippen LogP contribution in [0.2, 0.25) is 0 Å². The van der Waals surface area contributed by atoms with Gasteiger partial charge in [0.2, 0.25) is 21.8 Å². The molecule has 8 heteroatoms. The number of nitrogens with one attached hydrogen (secondary N) is 1. The van der Waals surface area contributed by atoms with Gasteiger partial charge in [0, 0.05) is 19.5 Å². The molecule has 0 aliphatic rings. The molecule has 0 heterocycles. The van der Waals surface area contributed by atoms with Gasteiger partial charge in [-0.1, -0.05) is 77.9 Å². The van der Waals surface area contributed by atoms with Crippen molar-refractivity contribution in [3.8, 4) is 0 Å². The summed E-state index contributed by atoms with van der Waals surface area (Å²) in [7, 11) is -3.77. The molecule has 0 bridgehead atoms. The molecule has 7 nitrogen and oxygen atoms in total. The van der Waals surface area contributed by atoms with Gasteiger partial charge in [-0.25, -0.2) is 8.42 Å². The molecule has 0 radical (unpaired) electrons. The molecular weight excluding hydrogens is 486 g/mol. The Balaban J connectivity index is 2.03. The first kappa shape index (κ1) is 27.9. The SMILES string of the molecule is CCNC(=O)[C@@H](Cc1ccccc1)N(Cc1cccc(C)c1)C(=O)CN(c1ccc(C)cc1)S(C)(=O)=O. The number of likely N-dealkylation sites (N-methyl/N-ethyl adjacent to an activating group) is 1. The zero-order chi connectivity index (χ0) is 27.0. The molecule has 1 atom stereocenters. The number of hydrogen-bond acceptors (Lipinski definition) is 4. The summed E-state index contributed by atoms with van der Waals surface area (Å²) < 4.78 is 26.6. The number of aryl methyl sites for hydroxylation is 2. The predicted molar refractivity (Wildman–Crippen MR) is 148 cm³/mol. The van der Waals surface area contributed by atoms with Crippen LogP contribution in [0.1, 0.15) is 29.2 Å². The number of sulfonamides is 1. The summed E-state index contributed by atoms with van der Waals surface area (Å²) in [5, 5.41) is 2.86. The van der Waals surface area contributed by atoms with Crippen LogP contribution in [0.3, 0.4) is 0 Å². The molecule has 2 amide bonds. The zero-order valence-electron chi connectivity index (χ0n) is 21.8. The lowest BCUT2D eigenvalue weighted by Gasteiger charge is -2.33. The van der Waals surface area contributed by atoms with Gasteiger partial charge in [-0.2, -0.15) is 0 Å². The second-order valence-corrected chi connectivity index (χ2v) is 11.1. The topological polar surface area (TPSA) is 86.8 Å². The van der Waals surface area contributed by atoms with Gasteiger partial charge >= 0.3 is 0 Å². The Bertz CT molecular complexity index is 1310. The van der Waals surface area contributed by atoms with Gasteiger partial charge < -0.3 is 10.2 Å². The van der Waals surface area contributed by atoms with Crippen LogP contribution < -0.4 is 9.62 Å². The maximum absolute atomic E-state index is 13.9. The number of rotatable bonds is 11. The number of carbonyl (C=O) groups excluding carboxylic acids is 2. The van der Waals surface area contributed by atoms with Crippen LogP contribution in [0.4, 0.5) is 5.69 Å². The van der Waals surface area contributed by atoms with E-state index in [1.807, 2.05) is 75.4 Å². The number of benzene rings is 3. The second-order valence-electron chi connectivity index (χ2n) is 9.22. The lowest BCUT2D eigenvalue weighted by Crippen LogP contribution is -2.53. The molecule has 0 spiro atoms. The molecule has 3 aromatic rings. The van der Waals surface area contributed by atoms with Gasteiger partial charge in [0.05, 0.1) is 11.9 Å².